The van der Waals surface area contributed by atoms with Crippen LogP contribution in [0.1, 0.15) is 10.4 Å². The van der Waals surface area contributed by atoms with Crippen LogP contribution >= 0.6 is 0 Å². The fourth-order valence-corrected chi connectivity index (χ4v) is 2.11. The van der Waals surface area contributed by atoms with E-state index in [1.165, 1.54) is 22.9 Å². The summed E-state index contributed by atoms with van der Waals surface area (Å²) in [5.41, 5.74) is 0.357. The van der Waals surface area contributed by atoms with Gasteiger partial charge in [0.15, 0.2) is 5.69 Å². The van der Waals surface area contributed by atoms with Gasteiger partial charge in [0, 0.05) is 6.07 Å². The lowest BCUT2D eigenvalue weighted by atomic mass is 10.1. The molecule has 0 aliphatic carbocycles. The lowest BCUT2D eigenvalue weighted by Crippen LogP contribution is -2.09. The van der Waals surface area contributed by atoms with Crippen molar-refractivity contribution in [1.29, 1.82) is 0 Å². The monoisotopic (exact) mass is 284 g/mol. The van der Waals surface area contributed by atoms with Crippen molar-refractivity contribution in [3.63, 3.8) is 0 Å². The summed E-state index contributed by atoms with van der Waals surface area (Å²) in [6, 6.07) is 10.7. The van der Waals surface area contributed by atoms with Crippen molar-refractivity contribution in [3.8, 4) is 5.69 Å². The van der Waals surface area contributed by atoms with E-state index in [1.807, 2.05) is 0 Å². The van der Waals surface area contributed by atoms with Gasteiger partial charge in [-0.15, -0.1) is 5.10 Å². The third kappa shape index (κ3) is 1.98. The van der Waals surface area contributed by atoms with E-state index in [2.05, 4.69) is 10.3 Å². The van der Waals surface area contributed by atoms with Gasteiger partial charge in [0.25, 0.3) is 5.69 Å². The van der Waals surface area contributed by atoms with Gasteiger partial charge in [0.2, 0.25) is 0 Å². The lowest BCUT2D eigenvalue weighted by molar-refractivity contribution is -0.384. The molecule has 104 valence electrons. The zero-order valence-electron chi connectivity index (χ0n) is 10.5. The second kappa shape index (κ2) is 4.67. The highest BCUT2D eigenvalue weighted by atomic mass is 16.6. The number of aromatic nitrogens is 3. The summed E-state index contributed by atoms with van der Waals surface area (Å²) >= 11 is 0. The highest BCUT2D eigenvalue weighted by molar-refractivity contribution is 5.95. The van der Waals surface area contributed by atoms with Crippen LogP contribution in [0.15, 0.2) is 42.5 Å². The van der Waals surface area contributed by atoms with Gasteiger partial charge in [-0.2, -0.15) is 0 Å². The first-order chi connectivity index (χ1) is 10.1. The summed E-state index contributed by atoms with van der Waals surface area (Å²) in [4.78, 5) is 21.9. The van der Waals surface area contributed by atoms with Gasteiger partial charge in [-0.3, -0.25) is 10.1 Å². The zero-order valence-corrected chi connectivity index (χ0v) is 10.5. The standard InChI is InChI=1S/C13H8N4O4/c18-13(19)8-4-3-7-11(17(20)21)12(8)16-10-6-2-1-5-9(10)14-15-16/h1-7H,(H,18,19). The number of nitrogens with zero attached hydrogens (tertiary/aromatic N) is 4. The van der Waals surface area contributed by atoms with E-state index in [0.29, 0.717) is 11.0 Å². The van der Waals surface area contributed by atoms with Crippen molar-refractivity contribution >= 4 is 22.7 Å². The number of carboxylic acid groups (broad SMARTS) is 1. The molecule has 0 fully saturated rings. The van der Waals surface area contributed by atoms with Crippen molar-refractivity contribution < 1.29 is 14.8 Å². The number of nitro groups is 1. The van der Waals surface area contributed by atoms with Crippen LogP contribution in [0.4, 0.5) is 5.69 Å². The molecule has 1 heterocycles. The van der Waals surface area contributed by atoms with Gasteiger partial charge in [-0.25, -0.2) is 9.48 Å². The molecule has 2 aromatic carbocycles. The first-order valence-corrected chi connectivity index (χ1v) is 5.91. The Labute approximate surface area is 117 Å². The molecule has 21 heavy (non-hydrogen) atoms. The SMILES string of the molecule is O=C(O)c1cccc([N+](=O)[O-])c1-n1nnc2ccccc21. The predicted molar refractivity (Wildman–Crippen MR) is 72.5 cm³/mol. The van der Waals surface area contributed by atoms with E-state index < -0.39 is 10.9 Å². The summed E-state index contributed by atoms with van der Waals surface area (Å²) in [7, 11) is 0. The summed E-state index contributed by atoms with van der Waals surface area (Å²) in [5.74, 6) is -1.27. The molecule has 3 rings (SSSR count). The number of fused-ring (bicyclic) bond motifs is 1. The normalized spacial score (nSPS) is 10.7. The van der Waals surface area contributed by atoms with Gasteiger partial charge >= 0.3 is 5.97 Å². The van der Waals surface area contributed by atoms with Crippen molar-refractivity contribution in [2.75, 3.05) is 0 Å². The summed E-state index contributed by atoms with van der Waals surface area (Å²) in [6.07, 6.45) is 0. The molecule has 0 spiro atoms. The van der Waals surface area contributed by atoms with E-state index in [4.69, 9.17) is 0 Å². The smallest absolute Gasteiger partial charge is 0.338 e. The van der Waals surface area contributed by atoms with Gasteiger partial charge in [-0.05, 0) is 18.2 Å². The number of rotatable bonds is 3. The molecule has 0 aliphatic rings. The van der Waals surface area contributed by atoms with E-state index >= 15 is 0 Å². The minimum Gasteiger partial charge on any atom is -0.478 e. The molecule has 0 amide bonds. The second-order valence-electron chi connectivity index (χ2n) is 4.23. The summed E-state index contributed by atoms with van der Waals surface area (Å²) < 4.78 is 1.18. The highest BCUT2D eigenvalue weighted by Gasteiger charge is 2.25. The Hall–Kier alpha value is -3.29. The number of hydrogen-bond acceptors (Lipinski definition) is 5. The third-order valence-electron chi connectivity index (χ3n) is 3.01. The Morgan fingerprint density at radius 1 is 1.19 bits per heavy atom. The fourth-order valence-electron chi connectivity index (χ4n) is 2.11. The first-order valence-electron chi connectivity index (χ1n) is 5.91. The number of carbonyl (C=O) groups is 1. The van der Waals surface area contributed by atoms with Gasteiger partial charge in [0.1, 0.15) is 5.52 Å². The van der Waals surface area contributed by atoms with E-state index in [1.54, 1.807) is 24.3 Å². The molecular formula is C13H8N4O4. The molecule has 0 unspecified atom stereocenters. The van der Waals surface area contributed by atoms with Crippen molar-refractivity contribution in [2.24, 2.45) is 0 Å². The lowest BCUT2D eigenvalue weighted by Gasteiger charge is -2.07. The number of benzene rings is 2. The van der Waals surface area contributed by atoms with Crippen LogP contribution in [0.25, 0.3) is 16.7 Å². The summed E-state index contributed by atoms with van der Waals surface area (Å²) in [5, 5.41) is 28.2. The third-order valence-corrected chi connectivity index (χ3v) is 3.01. The molecule has 1 aromatic heterocycles. The largest absolute Gasteiger partial charge is 0.478 e. The van der Waals surface area contributed by atoms with Crippen molar-refractivity contribution in [1.82, 2.24) is 15.0 Å². The van der Waals surface area contributed by atoms with E-state index in [9.17, 15) is 20.0 Å². The average molecular weight is 284 g/mol. The number of nitro benzene ring substituents is 1. The predicted octanol–water partition coefficient (Wildman–Crippen LogP) is 2.03. The number of carboxylic acids is 1. The average Bonchev–Trinajstić information content (AvgIpc) is 2.90. The Balaban J connectivity index is 2.40. The quantitative estimate of drug-likeness (QED) is 0.581. The van der Waals surface area contributed by atoms with Crippen LogP contribution in [0.2, 0.25) is 0 Å². The maximum absolute atomic E-state index is 11.3. The minimum atomic E-state index is -1.27. The molecule has 3 aromatic rings. The Morgan fingerprint density at radius 2 is 1.95 bits per heavy atom. The van der Waals surface area contributed by atoms with E-state index in [-0.39, 0.29) is 16.9 Å². The van der Waals surface area contributed by atoms with Crippen molar-refractivity contribution in [2.45, 2.75) is 0 Å². The molecule has 8 heteroatoms. The Bertz CT molecular complexity index is 839. The van der Waals surface area contributed by atoms with Crippen LogP contribution < -0.4 is 0 Å². The van der Waals surface area contributed by atoms with Gasteiger partial charge < -0.3 is 5.11 Å². The zero-order chi connectivity index (χ0) is 15.0. The fraction of sp³-hybridized carbons (Fsp3) is 0. The van der Waals surface area contributed by atoms with Crippen LogP contribution in [0.5, 0.6) is 0 Å². The number of aromatic carboxylic acids is 1. The maximum Gasteiger partial charge on any atom is 0.338 e. The second-order valence-corrected chi connectivity index (χ2v) is 4.23. The van der Waals surface area contributed by atoms with E-state index in [0.717, 1.165) is 0 Å². The van der Waals surface area contributed by atoms with Crippen molar-refractivity contribution in [3.05, 3.63) is 58.1 Å². The molecule has 1 N–H and O–H groups in total. The molecule has 8 nitrogen and oxygen atoms in total. The Morgan fingerprint density at radius 3 is 2.67 bits per heavy atom. The number of para-hydroxylation sites is 2. The molecule has 0 bridgehead atoms. The molecular weight excluding hydrogens is 276 g/mol. The molecule has 0 saturated carbocycles. The minimum absolute atomic E-state index is 0.108. The molecule has 0 atom stereocenters. The molecule has 0 aliphatic heterocycles. The Kier molecular flexibility index (Phi) is 2.83. The summed E-state index contributed by atoms with van der Waals surface area (Å²) in [6.45, 7) is 0. The van der Waals surface area contributed by atoms with Crippen LogP contribution in [-0.4, -0.2) is 31.0 Å². The molecule has 0 radical (unpaired) electrons. The van der Waals surface area contributed by atoms with Gasteiger partial charge in [-0.1, -0.05) is 23.4 Å². The maximum atomic E-state index is 11.3. The highest BCUT2D eigenvalue weighted by Crippen LogP contribution is 2.28. The topological polar surface area (TPSA) is 111 Å². The van der Waals surface area contributed by atoms with Crippen LogP contribution in [-0.2, 0) is 0 Å². The van der Waals surface area contributed by atoms with Gasteiger partial charge in [0.05, 0.1) is 16.0 Å². The first kappa shape index (κ1) is 12.7. The van der Waals surface area contributed by atoms with Crippen LogP contribution in [0.3, 0.4) is 0 Å². The number of hydrogen-bond donors (Lipinski definition) is 1. The molecule has 0 saturated heterocycles. The van der Waals surface area contributed by atoms with Crippen LogP contribution in [0, 0.1) is 10.1 Å².